The van der Waals surface area contributed by atoms with Gasteiger partial charge in [-0.2, -0.15) is 0 Å². The van der Waals surface area contributed by atoms with Crippen molar-refractivity contribution < 1.29 is 9.53 Å². The second kappa shape index (κ2) is 6.19. The van der Waals surface area contributed by atoms with Gasteiger partial charge in [-0.25, -0.2) is 4.79 Å². The average molecular weight is 194 g/mol. The summed E-state index contributed by atoms with van der Waals surface area (Å²) in [5.41, 5.74) is 2.75. The molecule has 0 radical (unpaired) electrons. The van der Waals surface area contributed by atoms with Crippen LogP contribution < -0.4 is 0 Å². The number of hydrogen-bond donors (Lipinski definition) is 0. The van der Waals surface area contributed by atoms with E-state index in [1.165, 1.54) is 7.11 Å². The van der Waals surface area contributed by atoms with Crippen LogP contribution in [0.25, 0.3) is 0 Å². The Morgan fingerprint density at radius 3 is 2.21 bits per heavy atom. The van der Waals surface area contributed by atoms with Crippen LogP contribution in [0.1, 0.15) is 35.3 Å². The van der Waals surface area contributed by atoms with E-state index in [9.17, 15) is 4.79 Å². The largest absolute Gasteiger partial charge is 0.465 e. The molecule has 0 spiro atoms. The first-order valence-corrected chi connectivity index (χ1v) is 4.80. The number of methoxy groups -OCH3 is 1. The van der Waals surface area contributed by atoms with Gasteiger partial charge in [0.25, 0.3) is 0 Å². The van der Waals surface area contributed by atoms with Crippen LogP contribution in [-0.4, -0.2) is 13.1 Å². The quantitative estimate of drug-likeness (QED) is 0.642. The number of ether oxygens (including phenoxy) is 1. The van der Waals surface area contributed by atoms with Crippen molar-refractivity contribution in [2.75, 3.05) is 7.11 Å². The molecule has 0 amide bonds. The molecule has 0 saturated carbocycles. The molecule has 1 aromatic carbocycles. The molecule has 0 aliphatic rings. The zero-order valence-electron chi connectivity index (χ0n) is 9.55. The maximum Gasteiger partial charge on any atom is 0.338 e. The minimum atomic E-state index is -0.271. The van der Waals surface area contributed by atoms with Gasteiger partial charge >= 0.3 is 5.97 Å². The van der Waals surface area contributed by atoms with E-state index in [-0.39, 0.29) is 5.97 Å². The van der Waals surface area contributed by atoms with Crippen LogP contribution in [0.5, 0.6) is 0 Å². The smallest absolute Gasteiger partial charge is 0.338 e. The second-order valence-corrected chi connectivity index (χ2v) is 2.81. The summed E-state index contributed by atoms with van der Waals surface area (Å²) in [6.07, 6.45) is 0. The predicted molar refractivity (Wildman–Crippen MR) is 58.6 cm³/mol. The van der Waals surface area contributed by atoms with Crippen molar-refractivity contribution in [3.63, 3.8) is 0 Å². The lowest BCUT2D eigenvalue weighted by Gasteiger charge is -2.03. The van der Waals surface area contributed by atoms with Crippen molar-refractivity contribution in [2.45, 2.75) is 27.7 Å². The van der Waals surface area contributed by atoms with Gasteiger partial charge in [0.2, 0.25) is 0 Å². The summed E-state index contributed by atoms with van der Waals surface area (Å²) in [5.74, 6) is -0.271. The Bertz CT molecular complexity index is 303. The molecule has 0 saturated heterocycles. The maximum atomic E-state index is 11.1. The van der Waals surface area contributed by atoms with E-state index in [4.69, 9.17) is 0 Å². The van der Waals surface area contributed by atoms with Gasteiger partial charge in [0, 0.05) is 0 Å². The highest BCUT2D eigenvalue weighted by Crippen LogP contribution is 2.10. The van der Waals surface area contributed by atoms with E-state index in [0.29, 0.717) is 5.56 Å². The molecule has 2 nitrogen and oxygen atoms in total. The Kier molecular flexibility index (Phi) is 5.61. The van der Waals surface area contributed by atoms with Gasteiger partial charge in [0.15, 0.2) is 0 Å². The van der Waals surface area contributed by atoms with E-state index in [1.54, 1.807) is 6.07 Å². The summed E-state index contributed by atoms with van der Waals surface area (Å²) >= 11 is 0. The van der Waals surface area contributed by atoms with Crippen LogP contribution in [-0.2, 0) is 4.74 Å². The van der Waals surface area contributed by atoms with Crippen molar-refractivity contribution >= 4 is 5.97 Å². The number of rotatable bonds is 1. The molecule has 1 rings (SSSR count). The van der Waals surface area contributed by atoms with Crippen LogP contribution in [0.4, 0.5) is 0 Å². The van der Waals surface area contributed by atoms with Gasteiger partial charge in [0.05, 0.1) is 12.7 Å². The number of hydrogen-bond acceptors (Lipinski definition) is 2. The van der Waals surface area contributed by atoms with Crippen LogP contribution in [0.15, 0.2) is 18.2 Å². The number of carbonyl (C=O) groups is 1. The molecule has 78 valence electrons. The maximum absolute atomic E-state index is 11.1. The molecule has 0 aliphatic carbocycles. The van der Waals surface area contributed by atoms with E-state index in [2.05, 4.69) is 4.74 Å². The predicted octanol–water partition coefficient (Wildman–Crippen LogP) is 3.12. The summed E-state index contributed by atoms with van der Waals surface area (Å²) in [6.45, 7) is 7.90. The van der Waals surface area contributed by atoms with Crippen molar-refractivity contribution in [1.82, 2.24) is 0 Å². The highest BCUT2D eigenvalue weighted by molar-refractivity contribution is 5.90. The molecular formula is C12H18O2. The number of aryl methyl sites for hydroxylation is 2. The van der Waals surface area contributed by atoms with Crippen molar-refractivity contribution in [1.29, 1.82) is 0 Å². The van der Waals surface area contributed by atoms with E-state index < -0.39 is 0 Å². The number of carbonyl (C=O) groups excluding carboxylic acids is 1. The average Bonchev–Trinajstić information content (AvgIpc) is 2.20. The van der Waals surface area contributed by atoms with Gasteiger partial charge in [0.1, 0.15) is 0 Å². The lowest BCUT2D eigenvalue weighted by molar-refractivity contribution is 0.0600. The van der Waals surface area contributed by atoms with E-state index in [1.807, 2.05) is 39.8 Å². The second-order valence-electron chi connectivity index (χ2n) is 2.81. The molecule has 2 heteroatoms. The SMILES string of the molecule is CC.COC(=O)c1ccc(C)cc1C. The molecule has 0 unspecified atom stereocenters. The van der Waals surface area contributed by atoms with Crippen LogP contribution in [0.3, 0.4) is 0 Å². The molecule has 1 aromatic rings. The third-order valence-electron chi connectivity index (χ3n) is 1.79. The Balaban J connectivity index is 0.000000791. The lowest BCUT2D eigenvalue weighted by atomic mass is 10.1. The van der Waals surface area contributed by atoms with E-state index >= 15 is 0 Å². The Morgan fingerprint density at radius 1 is 1.21 bits per heavy atom. The van der Waals surface area contributed by atoms with Crippen LogP contribution >= 0.6 is 0 Å². The summed E-state index contributed by atoms with van der Waals surface area (Å²) in [5, 5.41) is 0. The van der Waals surface area contributed by atoms with Gasteiger partial charge in [-0.15, -0.1) is 0 Å². The minimum absolute atomic E-state index is 0.271. The molecule has 0 aromatic heterocycles. The fourth-order valence-electron chi connectivity index (χ4n) is 1.15. The molecule has 0 fully saturated rings. The van der Waals surface area contributed by atoms with Crippen molar-refractivity contribution in [3.05, 3.63) is 34.9 Å². The van der Waals surface area contributed by atoms with Gasteiger partial charge in [-0.3, -0.25) is 0 Å². The Hall–Kier alpha value is -1.31. The Labute approximate surface area is 85.9 Å². The van der Waals surface area contributed by atoms with Gasteiger partial charge in [-0.05, 0) is 25.5 Å². The fraction of sp³-hybridized carbons (Fsp3) is 0.417. The first-order chi connectivity index (χ1) is 6.65. The summed E-state index contributed by atoms with van der Waals surface area (Å²) in [6, 6.07) is 5.65. The highest BCUT2D eigenvalue weighted by Gasteiger charge is 2.07. The molecule has 0 atom stereocenters. The third-order valence-corrected chi connectivity index (χ3v) is 1.79. The molecule has 14 heavy (non-hydrogen) atoms. The van der Waals surface area contributed by atoms with Gasteiger partial charge < -0.3 is 4.74 Å². The van der Waals surface area contributed by atoms with Crippen molar-refractivity contribution in [2.24, 2.45) is 0 Å². The third kappa shape index (κ3) is 3.21. The summed E-state index contributed by atoms with van der Waals surface area (Å²) in [7, 11) is 1.39. The van der Waals surface area contributed by atoms with Crippen molar-refractivity contribution in [3.8, 4) is 0 Å². The number of esters is 1. The lowest BCUT2D eigenvalue weighted by Crippen LogP contribution is -2.03. The van der Waals surface area contributed by atoms with E-state index in [0.717, 1.165) is 11.1 Å². The molecule has 0 heterocycles. The topological polar surface area (TPSA) is 26.3 Å². The first-order valence-electron chi connectivity index (χ1n) is 4.80. The highest BCUT2D eigenvalue weighted by atomic mass is 16.5. The standard InChI is InChI=1S/C10H12O2.C2H6/c1-7-4-5-9(8(2)6-7)10(11)12-3;1-2/h4-6H,1-3H3;1-2H3. The summed E-state index contributed by atoms with van der Waals surface area (Å²) in [4.78, 5) is 11.1. The molecular weight excluding hydrogens is 176 g/mol. The zero-order valence-corrected chi connectivity index (χ0v) is 9.55. The first kappa shape index (κ1) is 12.7. The van der Waals surface area contributed by atoms with Gasteiger partial charge in [-0.1, -0.05) is 31.5 Å². The molecule has 0 aliphatic heterocycles. The molecule has 0 bridgehead atoms. The number of benzene rings is 1. The van der Waals surface area contributed by atoms with Crippen LogP contribution in [0, 0.1) is 13.8 Å². The van der Waals surface area contributed by atoms with Crippen LogP contribution in [0.2, 0.25) is 0 Å². The fourth-order valence-corrected chi connectivity index (χ4v) is 1.15. The normalized spacial score (nSPS) is 8.64. The zero-order chi connectivity index (χ0) is 11.1. The minimum Gasteiger partial charge on any atom is -0.465 e. The monoisotopic (exact) mass is 194 g/mol. The molecule has 0 N–H and O–H groups in total. The summed E-state index contributed by atoms with van der Waals surface area (Å²) < 4.78 is 4.62. The Morgan fingerprint density at radius 2 is 1.79 bits per heavy atom.